The molecule has 7 unspecified atom stereocenters. The van der Waals surface area contributed by atoms with Gasteiger partial charge >= 0.3 is 0 Å². The number of amides is 1. The molecule has 0 radical (unpaired) electrons. The molecule has 31 heavy (non-hydrogen) atoms. The van der Waals surface area contributed by atoms with Crippen LogP contribution in [-0.4, -0.2) is 53.8 Å². The van der Waals surface area contributed by atoms with Crippen molar-refractivity contribution in [2.45, 2.75) is 101 Å². The highest BCUT2D eigenvalue weighted by Gasteiger charge is 2.38. The number of hydrogen-bond acceptors (Lipinski definition) is 6. The van der Waals surface area contributed by atoms with Crippen LogP contribution in [0.2, 0.25) is 0 Å². The monoisotopic (exact) mass is 458 g/mol. The third-order valence-electron chi connectivity index (χ3n) is 7.24. The number of nitrogens with one attached hydrogen (secondary N) is 5. The summed E-state index contributed by atoms with van der Waals surface area (Å²) >= 11 is 6.26. The highest BCUT2D eigenvalue weighted by molar-refractivity contribution is 6.20. The molecule has 0 bridgehead atoms. The number of carbonyl (C=O) groups excluding carboxylic acids is 1. The maximum absolute atomic E-state index is 14.0. The van der Waals surface area contributed by atoms with Crippen LogP contribution < -0.4 is 27.0 Å². The Bertz CT molecular complexity index is 666. The van der Waals surface area contributed by atoms with Crippen LogP contribution in [0.1, 0.15) is 65.2 Å². The molecule has 2 saturated carbocycles. The summed E-state index contributed by atoms with van der Waals surface area (Å²) in [5, 5.41) is 6.40. The number of guanidine groups is 1. The van der Waals surface area contributed by atoms with Gasteiger partial charge in [-0.1, -0.05) is 12.8 Å². The Morgan fingerprint density at radius 3 is 2.65 bits per heavy atom. The molecule has 4 rings (SSSR count). The molecule has 8 nitrogen and oxygen atoms in total. The van der Waals surface area contributed by atoms with Gasteiger partial charge in [-0.15, -0.1) is 11.6 Å². The summed E-state index contributed by atoms with van der Waals surface area (Å²) in [4.78, 5) is 23.0. The molecule has 2 aliphatic heterocycles. The zero-order chi connectivity index (χ0) is 22.0. The molecule has 0 aromatic heterocycles. The van der Waals surface area contributed by atoms with E-state index in [2.05, 4.69) is 33.9 Å². The predicted molar refractivity (Wildman–Crippen MR) is 118 cm³/mol. The Hall–Kier alpha value is -1.00. The van der Waals surface area contributed by atoms with Gasteiger partial charge in [0.2, 0.25) is 5.91 Å². The Morgan fingerprint density at radius 1 is 1.19 bits per heavy atom. The van der Waals surface area contributed by atoms with E-state index >= 15 is 0 Å². The van der Waals surface area contributed by atoms with Crippen LogP contribution in [-0.2, 0) is 9.63 Å². The van der Waals surface area contributed by atoms with E-state index in [0.717, 1.165) is 25.7 Å². The molecule has 176 valence electrons. The fourth-order valence-electron chi connectivity index (χ4n) is 5.36. The van der Waals surface area contributed by atoms with E-state index in [9.17, 15) is 9.18 Å². The summed E-state index contributed by atoms with van der Waals surface area (Å²) in [7, 11) is 0. The van der Waals surface area contributed by atoms with Crippen molar-refractivity contribution in [2.24, 2.45) is 16.8 Å². The van der Waals surface area contributed by atoms with Crippen molar-refractivity contribution in [3.05, 3.63) is 0 Å². The number of halogens is 2. The van der Waals surface area contributed by atoms with E-state index in [1.165, 1.54) is 12.8 Å². The molecule has 2 aliphatic carbocycles. The number of hydroxylamine groups is 1. The van der Waals surface area contributed by atoms with Crippen LogP contribution in [0.15, 0.2) is 4.99 Å². The molecule has 5 N–H and O–H groups in total. The summed E-state index contributed by atoms with van der Waals surface area (Å²) in [5.41, 5.74) is 9.23. The second-order valence-corrected chi connectivity index (χ2v) is 10.6. The number of hydrogen-bond donors (Lipinski definition) is 5. The zero-order valence-electron chi connectivity index (χ0n) is 18.4. The van der Waals surface area contributed by atoms with Crippen molar-refractivity contribution < 1.29 is 14.0 Å². The van der Waals surface area contributed by atoms with Gasteiger partial charge < -0.3 is 5.32 Å². The Labute approximate surface area is 188 Å². The topological polar surface area (TPSA) is 98.8 Å². The summed E-state index contributed by atoms with van der Waals surface area (Å²) in [6.07, 6.45) is 5.69. The second-order valence-electron chi connectivity index (χ2n) is 9.95. The van der Waals surface area contributed by atoms with Gasteiger partial charge in [-0.2, -0.15) is 0 Å². The van der Waals surface area contributed by atoms with Crippen molar-refractivity contribution in [2.75, 3.05) is 6.54 Å². The number of aliphatic imine (C=N–C) groups is 1. The van der Waals surface area contributed by atoms with Crippen molar-refractivity contribution in [1.29, 1.82) is 0 Å². The van der Waals surface area contributed by atoms with Crippen LogP contribution in [0.3, 0.4) is 0 Å². The number of alkyl halides is 2. The lowest BCUT2D eigenvalue weighted by Gasteiger charge is -2.31. The first-order valence-corrected chi connectivity index (χ1v) is 12.1. The highest BCUT2D eigenvalue weighted by Crippen LogP contribution is 2.34. The van der Waals surface area contributed by atoms with Crippen LogP contribution >= 0.6 is 11.6 Å². The fraction of sp³-hybridized carbons (Fsp3) is 0.905. The largest absolute Gasteiger partial charge is 0.351 e. The van der Waals surface area contributed by atoms with Gasteiger partial charge in [0, 0.05) is 29.9 Å². The third-order valence-corrected chi connectivity index (χ3v) is 7.60. The maximum Gasteiger partial charge on any atom is 0.233 e. The standard InChI is InChI=1S/C21H36ClFN6O2/c1-12-16(11-24-31-12)19(30)26-20(27-21(2)5-3-4-6-21)25-18-10-17(28-29-18)13-7-14(22)9-15(23)8-13/h12-18,24,28-29H,3-11H2,1-2H3,(H2,25,26,27,30). The lowest BCUT2D eigenvalue weighted by Crippen LogP contribution is -2.53. The highest BCUT2D eigenvalue weighted by atomic mass is 35.5. The molecular formula is C21H36ClFN6O2. The van der Waals surface area contributed by atoms with Crippen LogP contribution in [0, 0.1) is 11.8 Å². The third kappa shape index (κ3) is 5.87. The van der Waals surface area contributed by atoms with Crippen LogP contribution in [0.4, 0.5) is 4.39 Å². The summed E-state index contributed by atoms with van der Waals surface area (Å²) in [6.45, 7) is 4.54. The molecule has 0 spiro atoms. The Morgan fingerprint density at radius 2 is 1.97 bits per heavy atom. The first-order valence-electron chi connectivity index (χ1n) is 11.7. The van der Waals surface area contributed by atoms with Gasteiger partial charge in [0.1, 0.15) is 12.3 Å². The second kappa shape index (κ2) is 9.87. The van der Waals surface area contributed by atoms with E-state index < -0.39 is 6.17 Å². The maximum atomic E-state index is 14.0. The number of carbonyl (C=O) groups is 1. The van der Waals surface area contributed by atoms with E-state index in [4.69, 9.17) is 21.4 Å². The smallest absolute Gasteiger partial charge is 0.233 e. The minimum absolute atomic E-state index is 0.0791. The van der Waals surface area contributed by atoms with Gasteiger partial charge in [0.15, 0.2) is 5.96 Å². The molecule has 10 heteroatoms. The minimum Gasteiger partial charge on any atom is -0.351 e. The first-order chi connectivity index (χ1) is 14.8. The van der Waals surface area contributed by atoms with E-state index in [1.807, 2.05) is 6.92 Å². The van der Waals surface area contributed by atoms with Gasteiger partial charge in [-0.05, 0) is 51.9 Å². The molecule has 7 atom stereocenters. The molecule has 2 saturated heterocycles. The van der Waals surface area contributed by atoms with Crippen LogP contribution in [0.5, 0.6) is 0 Å². The van der Waals surface area contributed by atoms with E-state index in [0.29, 0.717) is 25.3 Å². The van der Waals surface area contributed by atoms with E-state index in [-0.39, 0.29) is 47.0 Å². The lowest BCUT2D eigenvalue weighted by molar-refractivity contribution is -0.124. The predicted octanol–water partition coefficient (Wildman–Crippen LogP) is 1.86. The zero-order valence-corrected chi connectivity index (χ0v) is 19.2. The average Bonchev–Trinajstić information content (AvgIpc) is 3.42. The molecule has 4 aliphatic rings. The van der Waals surface area contributed by atoms with Gasteiger partial charge in [0.05, 0.1) is 12.0 Å². The molecule has 4 fully saturated rings. The first kappa shape index (κ1) is 23.2. The minimum atomic E-state index is -0.839. The Kier molecular flexibility index (Phi) is 7.37. The summed E-state index contributed by atoms with van der Waals surface area (Å²) in [6, 6.07) is 0.111. The van der Waals surface area contributed by atoms with Crippen molar-refractivity contribution in [1.82, 2.24) is 27.0 Å². The summed E-state index contributed by atoms with van der Waals surface area (Å²) in [5.74, 6) is 0.302. The lowest BCUT2D eigenvalue weighted by atomic mass is 9.82. The molecule has 0 aromatic rings. The van der Waals surface area contributed by atoms with Crippen LogP contribution in [0.25, 0.3) is 0 Å². The molecule has 0 aromatic carbocycles. The van der Waals surface area contributed by atoms with E-state index in [1.54, 1.807) is 0 Å². The Balaban J connectivity index is 1.42. The van der Waals surface area contributed by atoms with Crippen molar-refractivity contribution >= 4 is 23.5 Å². The molecule has 1 amide bonds. The summed E-state index contributed by atoms with van der Waals surface area (Å²) < 4.78 is 14.0. The molecule has 2 heterocycles. The number of nitrogens with zero attached hydrogens (tertiary/aromatic N) is 1. The van der Waals surface area contributed by atoms with Gasteiger partial charge in [-0.25, -0.2) is 20.3 Å². The van der Waals surface area contributed by atoms with Crippen molar-refractivity contribution in [3.63, 3.8) is 0 Å². The average molecular weight is 459 g/mol. The van der Waals surface area contributed by atoms with Gasteiger partial charge in [0.25, 0.3) is 0 Å². The normalized spacial score (nSPS) is 40.8. The SMILES string of the molecule is CC1ONCC1C(=O)N/C(=N/C1CC(C2CC(F)CC(Cl)C2)NN1)NC1(C)CCCC1. The quantitative estimate of drug-likeness (QED) is 0.250. The number of rotatable bonds is 4. The number of hydrazine groups is 1. The fourth-order valence-corrected chi connectivity index (χ4v) is 5.78. The molecular weight excluding hydrogens is 423 g/mol. The van der Waals surface area contributed by atoms with Crippen molar-refractivity contribution in [3.8, 4) is 0 Å². The van der Waals surface area contributed by atoms with Gasteiger partial charge in [-0.3, -0.25) is 20.4 Å².